The van der Waals surface area contributed by atoms with Crippen LogP contribution in [0, 0.1) is 15.9 Å². The minimum absolute atomic E-state index is 0.0951. The normalized spacial score (nSPS) is 19.2. The van der Waals surface area contributed by atoms with Crippen LogP contribution in [0.25, 0.3) is 0 Å². The maximum Gasteiger partial charge on any atom is 0.414 e. The number of ether oxygens (including phenoxy) is 1. The van der Waals surface area contributed by atoms with Crippen molar-refractivity contribution in [2.45, 2.75) is 18.4 Å². The third kappa shape index (κ3) is 5.17. The molecule has 2 atom stereocenters. The average molecular weight is 512 g/mol. The van der Waals surface area contributed by atoms with Crippen LogP contribution in [0.2, 0.25) is 0 Å². The van der Waals surface area contributed by atoms with Crippen LogP contribution >= 0.6 is 22.9 Å². The molecule has 0 spiro atoms. The molecule has 182 valence electrons. The molecule has 10 nitrogen and oxygen atoms in total. The maximum atomic E-state index is 15.0. The van der Waals surface area contributed by atoms with Crippen LogP contribution in [0.15, 0.2) is 30.3 Å². The second-order valence-electron chi connectivity index (χ2n) is 7.96. The van der Waals surface area contributed by atoms with Crippen molar-refractivity contribution in [1.29, 1.82) is 0 Å². The number of cyclic esters (lactones) is 1. The Morgan fingerprint density at radius 3 is 2.62 bits per heavy atom. The summed E-state index contributed by atoms with van der Waals surface area (Å²) in [4.78, 5) is 39.7. The predicted octanol–water partition coefficient (Wildman–Crippen LogP) is 3.19. The Morgan fingerprint density at radius 2 is 2.00 bits per heavy atom. The van der Waals surface area contributed by atoms with Gasteiger partial charge in [0, 0.05) is 32.2 Å². The lowest BCUT2D eigenvalue weighted by molar-refractivity contribution is -0.380. The van der Waals surface area contributed by atoms with Crippen molar-refractivity contribution >= 4 is 56.3 Å². The highest BCUT2D eigenvalue weighted by Gasteiger charge is 2.33. The second kappa shape index (κ2) is 10.0. The van der Waals surface area contributed by atoms with Gasteiger partial charge in [-0.2, -0.15) is 0 Å². The van der Waals surface area contributed by atoms with E-state index in [1.165, 1.54) is 17.0 Å². The number of anilines is 3. The van der Waals surface area contributed by atoms with E-state index in [0.717, 1.165) is 16.3 Å². The minimum Gasteiger partial charge on any atom is -0.442 e. The molecule has 1 aromatic heterocycles. The van der Waals surface area contributed by atoms with Crippen molar-refractivity contribution in [3.05, 3.63) is 46.3 Å². The highest BCUT2D eigenvalue weighted by Crippen LogP contribution is 2.33. The van der Waals surface area contributed by atoms with Crippen molar-refractivity contribution in [2.24, 2.45) is 0 Å². The van der Waals surface area contributed by atoms with Crippen LogP contribution < -0.4 is 20.0 Å². The SMILES string of the molecule is C[C@H](Cl)C(=O)NCC1CN(c2ccc(N3CCN(c4ccc([N+](=O)[O-])s4)CC3)c(F)c2)C(=O)O1. The molecule has 1 N–H and O–H groups in total. The van der Waals surface area contributed by atoms with Crippen LogP contribution in [0.4, 0.5) is 30.6 Å². The lowest BCUT2D eigenvalue weighted by Crippen LogP contribution is -2.46. The van der Waals surface area contributed by atoms with Crippen LogP contribution in [0.3, 0.4) is 0 Å². The van der Waals surface area contributed by atoms with Crippen molar-refractivity contribution in [2.75, 3.05) is 54.0 Å². The molecule has 34 heavy (non-hydrogen) atoms. The van der Waals surface area contributed by atoms with E-state index in [1.807, 2.05) is 9.80 Å². The number of alkyl halides is 1. The highest BCUT2D eigenvalue weighted by atomic mass is 35.5. The lowest BCUT2D eigenvalue weighted by Gasteiger charge is -2.36. The smallest absolute Gasteiger partial charge is 0.414 e. The number of nitro groups is 1. The number of nitrogens with zero attached hydrogens (tertiary/aromatic N) is 4. The summed E-state index contributed by atoms with van der Waals surface area (Å²) in [6, 6.07) is 7.82. The van der Waals surface area contributed by atoms with Crippen LogP contribution in [-0.2, 0) is 9.53 Å². The van der Waals surface area contributed by atoms with Gasteiger partial charge >= 0.3 is 11.1 Å². The van der Waals surface area contributed by atoms with Gasteiger partial charge in [0.1, 0.15) is 17.3 Å². The molecule has 3 heterocycles. The fraction of sp³-hybridized carbons (Fsp3) is 0.429. The monoisotopic (exact) mass is 511 g/mol. The third-order valence-electron chi connectivity index (χ3n) is 5.67. The quantitative estimate of drug-likeness (QED) is 0.345. The van der Waals surface area contributed by atoms with Gasteiger partial charge in [-0.15, -0.1) is 11.6 Å². The van der Waals surface area contributed by atoms with E-state index in [9.17, 15) is 24.1 Å². The fourth-order valence-electron chi connectivity index (χ4n) is 3.87. The fourth-order valence-corrected chi connectivity index (χ4v) is 4.82. The summed E-state index contributed by atoms with van der Waals surface area (Å²) >= 11 is 6.84. The number of piperazine rings is 1. The summed E-state index contributed by atoms with van der Waals surface area (Å²) in [6.07, 6.45) is -1.17. The maximum absolute atomic E-state index is 15.0. The van der Waals surface area contributed by atoms with Crippen molar-refractivity contribution in [3.63, 3.8) is 0 Å². The molecule has 13 heteroatoms. The van der Waals surface area contributed by atoms with Crippen LogP contribution in [0.1, 0.15) is 6.92 Å². The molecule has 2 aliphatic heterocycles. The van der Waals surface area contributed by atoms with Crippen molar-refractivity contribution < 1.29 is 23.6 Å². The first kappa shape index (κ1) is 24.0. The molecule has 2 fully saturated rings. The van der Waals surface area contributed by atoms with Crippen LogP contribution in [0.5, 0.6) is 0 Å². The molecule has 2 saturated heterocycles. The molecule has 4 rings (SSSR count). The van der Waals surface area contributed by atoms with Gasteiger partial charge in [0.25, 0.3) is 0 Å². The summed E-state index contributed by atoms with van der Waals surface area (Å²) in [7, 11) is 0. The number of hydrogen-bond donors (Lipinski definition) is 1. The summed E-state index contributed by atoms with van der Waals surface area (Å²) in [5, 5.41) is 13.7. The Balaban J connectivity index is 1.35. The number of hydrogen-bond acceptors (Lipinski definition) is 8. The van der Waals surface area contributed by atoms with Crippen LogP contribution in [-0.4, -0.2) is 67.7 Å². The molecule has 2 aliphatic rings. The van der Waals surface area contributed by atoms with Gasteiger partial charge in [0.2, 0.25) is 5.91 Å². The number of amides is 2. The van der Waals surface area contributed by atoms with Gasteiger partial charge in [-0.1, -0.05) is 0 Å². The molecule has 1 aromatic carbocycles. The minimum atomic E-state index is -0.694. The molecular formula is C21H23ClFN5O5S. The van der Waals surface area contributed by atoms with E-state index in [-0.39, 0.29) is 24.0 Å². The molecule has 2 aromatic rings. The van der Waals surface area contributed by atoms with E-state index in [4.69, 9.17) is 16.3 Å². The summed E-state index contributed by atoms with van der Waals surface area (Å²) in [5.74, 6) is -0.817. The molecule has 0 radical (unpaired) electrons. The standard InChI is InChI=1S/C21H23ClFN5O5S/c1-13(22)20(29)24-11-15-12-27(21(30)33-15)14-2-3-17(16(23)10-14)25-6-8-26(9-7-25)18-4-5-19(34-18)28(31)32/h2-5,10,13,15H,6-9,11-12H2,1H3,(H,24,29)/t13-,15?/m0/s1. The van der Waals surface area contributed by atoms with Crippen molar-refractivity contribution in [3.8, 4) is 0 Å². The Bertz CT molecular complexity index is 1090. The molecule has 0 aliphatic carbocycles. The zero-order chi connectivity index (χ0) is 24.4. The number of halogens is 2. The topological polar surface area (TPSA) is 108 Å². The summed E-state index contributed by atoms with van der Waals surface area (Å²) in [5.41, 5.74) is 0.795. The van der Waals surface area contributed by atoms with Gasteiger partial charge in [-0.3, -0.25) is 19.8 Å². The molecule has 1 unspecified atom stereocenters. The van der Waals surface area contributed by atoms with Crippen molar-refractivity contribution in [1.82, 2.24) is 5.32 Å². The van der Waals surface area contributed by atoms with Gasteiger partial charge < -0.3 is 19.9 Å². The number of rotatable bonds is 7. The summed E-state index contributed by atoms with van der Waals surface area (Å²) < 4.78 is 20.3. The molecule has 0 bridgehead atoms. The Kier molecular flexibility index (Phi) is 7.08. The highest BCUT2D eigenvalue weighted by molar-refractivity contribution is 7.19. The zero-order valence-electron chi connectivity index (χ0n) is 18.3. The van der Waals surface area contributed by atoms with E-state index in [0.29, 0.717) is 37.6 Å². The second-order valence-corrected chi connectivity index (χ2v) is 9.65. The Hall–Kier alpha value is -3.12. The molecule has 0 saturated carbocycles. The zero-order valence-corrected chi connectivity index (χ0v) is 19.9. The summed E-state index contributed by atoms with van der Waals surface area (Å²) in [6.45, 7) is 4.15. The third-order valence-corrected chi connectivity index (χ3v) is 6.97. The van der Waals surface area contributed by atoms with E-state index < -0.39 is 28.3 Å². The first-order valence-electron chi connectivity index (χ1n) is 10.7. The number of thiophene rings is 1. The van der Waals surface area contributed by atoms with Gasteiger partial charge in [-0.05, 0) is 42.5 Å². The van der Waals surface area contributed by atoms with E-state index in [1.54, 1.807) is 25.1 Å². The largest absolute Gasteiger partial charge is 0.442 e. The Labute approximate surface area is 204 Å². The first-order chi connectivity index (χ1) is 16.2. The van der Waals surface area contributed by atoms with E-state index >= 15 is 0 Å². The molecule has 2 amide bonds. The number of carbonyl (C=O) groups excluding carboxylic acids is 2. The van der Waals surface area contributed by atoms with Gasteiger partial charge in [0.05, 0.1) is 34.4 Å². The predicted molar refractivity (Wildman–Crippen MR) is 128 cm³/mol. The number of carbonyl (C=O) groups is 2. The van der Waals surface area contributed by atoms with Gasteiger partial charge in [-0.25, -0.2) is 9.18 Å². The van der Waals surface area contributed by atoms with Gasteiger partial charge in [0.15, 0.2) is 0 Å². The molecular weight excluding hydrogens is 489 g/mol. The average Bonchev–Trinajstić information content (AvgIpc) is 3.45. The first-order valence-corrected chi connectivity index (χ1v) is 11.9. The lowest BCUT2D eigenvalue weighted by atomic mass is 10.2. The number of nitrogens with one attached hydrogen (secondary N) is 1. The van der Waals surface area contributed by atoms with E-state index in [2.05, 4.69) is 5.32 Å². The number of benzene rings is 1. The Morgan fingerprint density at radius 1 is 1.29 bits per heavy atom.